The molecule has 2 N–H and O–H groups in total. The summed E-state index contributed by atoms with van der Waals surface area (Å²) in [7, 11) is 1.39. The van der Waals surface area contributed by atoms with Gasteiger partial charge in [-0.3, -0.25) is 19.7 Å². The number of carbonyl (C=O) groups excluding carboxylic acids is 2. The molecule has 0 aliphatic carbocycles. The van der Waals surface area contributed by atoms with Gasteiger partial charge < -0.3 is 15.4 Å². The summed E-state index contributed by atoms with van der Waals surface area (Å²) in [6.45, 7) is 3.55. The number of benzene rings is 2. The lowest BCUT2D eigenvalue weighted by atomic mass is 10.0. The van der Waals surface area contributed by atoms with Gasteiger partial charge in [0.25, 0.3) is 11.6 Å². The molecule has 0 unspecified atom stereocenters. The zero-order valence-electron chi connectivity index (χ0n) is 15.6. The predicted octanol–water partition coefficient (Wildman–Crippen LogP) is 3.65. The van der Waals surface area contributed by atoms with E-state index in [-0.39, 0.29) is 23.0 Å². The van der Waals surface area contributed by atoms with Crippen LogP contribution in [0.25, 0.3) is 0 Å². The van der Waals surface area contributed by atoms with E-state index in [1.165, 1.54) is 25.3 Å². The Bertz CT molecular complexity index is 884. The van der Waals surface area contributed by atoms with Gasteiger partial charge >= 0.3 is 0 Å². The lowest BCUT2D eigenvalue weighted by Crippen LogP contribution is -2.47. The van der Waals surface area contributed by atoms with Gasteiger partial charge in [0.15, 0.2) is 0 Å². The number of carbonyl (C=O) groups is 2. The third kappa shape index (κ3) is 5.20. The van der Waals surface area contributed by atoms with Crippen molar-refractivity contribution in [3.63, 3.8) is 0 Å². The molecule has 2 aromatic carbocycles. The second-order valence-corrected chi connectivity index (χ2v) is 6.77. The number of amides is 2. The molecule has 2 rings (SSSR count). The fourth-order valence-corrected chi connectivity index (χ4v) is 2.60. The summed E-state index contributed by atoms with van der Waals surface area (Å²) in [5.74, 6) is -0.918. The van der Waals surface area contributed by atoms with Crippen LogP contribution in [0.5, 0.6) is 5.75 Å². The Morgan fingerprint density at radius 3 is 2.32 bits per heavy atom. The number of anilines is 1. The van der Waals surface area contributed by atoms with Crippen molar-refractivity contribution in [2.45, 2.75) is 19.9 Å². The largest absolute Gasteiger partial charge is 0.495 e. The Morgan fingerprint density at radius 2 is 1.79 bits per heavy atom. The standard InChI is InChI=1S/C19H20ClN3O5/c1-11(2)17(22-18(24)12-4-6-13(20)7-5-12)19(25)21-15-10-14(23(26)27)8-9-16(15)28-3/h4-11,17H,1-3H3,(H,21,25)(H,22,24)/t17-/m0/s1. The van der Waals surface area contributed by atoms with Gasteiger partial charge in [0.2, 0.25) is 5.91 Å². The van der Waals surface area contributed by atoms with E-state index in [1.807, 2.05) is 0 Å². The van der Waals surface area contributed by atoms with Crippen molar-refractivity contribution in [3.05, 3.63) is 63.2 Å². The van der Waals surface area contributed by atoms with E-state index >= 15 is 0 Å². The highest BCUT2D eigenvalue weighted by Crippen LogP contribution is 2.29. The van der Waals surface area contributed by atoms with Gasteiger partial charge in [-0.2, -0.15) is 0 Å². The van der Waals surface area contributed by atoms with Crippen LogP contribution >= 0.6 is 11.6 Å². The summed E-state index contributed by atoms with van der Waals surface area (Å²) >= 11 is 5.82. The number of methoxy groups -OCH3 is 1. The van der Waals surface area contributed by atoms with E-state index in [9.17, 15) is 19.7 Å². The van der Waals surface area contributed by atoms with E-state index in [4.69, 9.17) is 16.3 Å². The van der Waals surface area contributed by atoms with Gasteiger partial charge in [-0.1, -0.05) is 25.4 Å². The van der Waals surface area contributed by atoms with Gasteiger partial charge in [0.1, 0.15) is 11.8 Å². The van der Waals surface area contributed by atoms with Crippen LogP contribution in [-0.4, -0.2) is 29.9 Å². The van der Waals surface area contributed by atoms with Gasteiger partial charge in [-0.15, -0.1) is 0 Å². The zero-order chi connectivity index (χ0) is 20.8. The lowest BCUT2D eigenvalue weighted by molar-refractivity contribution is -0.384. The molecule has 0 heterocycles. The van der Waals surface area contributed by atoms with Crippen molar-refractivity contribution < 1.29 is 19.2 Å². The summed E-state index contributed by atoms with van der Waals surface area (Å²) in [5.41, 5.74) is 0.311. The molecule has 148 valence electrons. The highest BCUT2D eigenvalue weighted by molar-refractivity contribution is 6.30. The highest BCUT2D eigenvalue weighted by atomic mass is 35.5. The van der Waals surface area contributed by atoms with Crippen molar-refractivity contribution >= 4 is 34.8 Å². The number of hydrogen-bond acceptors (Lipinski definition) is 5. The van der Waals surface area contributed by atoms with E-state index in [0.29, 0.717) is 10.6 Å². The second kappa shape index (κ2) is 9.18. The monoisotopic (exact) mass is 405 g/mol. The van der Waals surface area contributed by atoms with E-state index < -0.39 is 22.8 Å². The Kier molecular flexibility index (Phi) is 6.94. The van der Waals surface area contributed by atoms with Crippen molar-refractivity contribution in [1.29, 1.82) is 0 Å². The highest BCUT2D eigenvalue weighted by Gasteiger charge is 2.26. The van der Waals surface area contributed by atoms with Gasteiger partial charge in [0, 0.05) is 22.7 Å². The average Bonchev–Trinajstić information content (AvgIpc) is 2.65. The molecule has 0 spiro atoms. The molecular weight excluding hydrogens is 386 g/mol. The van der Waals surface area contributed by atoms with Crippen LogP contribution in [0.3, 0.4) is 0 Å². The van der Waals surface area contributed by atoms with E-state index in [2.05, 4.69) is 10.6 Å². The molecule has 8 nitrogen and oxygen atoms in total. The predicted molar refractivity (Wildman–Crippen MR) is 106 cm³/mol. The van der Waals surface area contributed by atoms with Crippen LogP contribution in [0.4, 0.5) is 11.4 Å². The number of hydrogen-bond donors (Lipinski definition) is 2. The number of nitro groups is 1. The van der Waals surface area contributed by atoms with Gasteiger partial charge in [-0.25, -0.2) is 0 Å². The quantitative estimate of drug-likeness (QED) is 0.539. The molecule has 0 saturated carbocycles. The first-order valence-corrected chi connectivity index (χ1v) is 8.80. The molecular formula is C19H20ClN3O5. The maximum Gasteiger partial charge on any atom is 0.271 e. The third-order valence-electron chi connectivity index (χ3n) is 3.99. The van der Waals surface area contributed by atoms with Gasteiger partial charge in [0.05, 0.1) is 17.7 Å². The number of nitrogens with one attached hydrogen (secondary N) is 2. The van der Waals surface area contributed by atoms with Crippen LogP contribution in [0, 0.1) is 16.0 Å². The molecule has 0 fully saturated rings. The smallest absolute Gasteiger partial charge is 0.271 e. The molecule has 2 amide bonds. The molecule has 0 radical (unpaired) electrons. The van der Waals surface area contributed by atoms with Crippen molar-refractivity contribution in [2.75, 3.05) is 12.4 Å². The van der Waals surface area contributed by atoms with Crippen molar-refractivity contribution in [1.82, 2.24) is 5.32 Å². The molecule has 28 heavy (non-hydrogen) atoms. The average molecular weight is 406 g/mol. The summed E-state index contributed by atoms with van der Waals surface area (Å²) in [4.78, 5) is 35.6. The van der Waals surface area contributed by atoms with Crippen LogP contribution < -0.4 is 15.4 Å². The summed E-state index contributed by atoms with van der Waals surface area (Å²) < 4.78 is 5.15. The first-order valence-electron chi connectivity index (χ1n) is 8.42. The Balaban J connectivity index is 2.21. The van der Waals surface area contributed by atoms with Crippen LogP contribution in [-0.2, 0) is 4.79 Å². The number of nitrogens with zero attached hydrogens (tertiary/aromatic N) is 1. The molecule has 0 aliphatic rings. The molecule has 0 aromatic heterocycles. The lowest BCUT2D eigenvalue weighted by Gasteiger charge is -2.22. The first-order chi connectivity index (χ1) is 13.2. The third-order valence-corrected chi connectivity index (χ3v) is 4.25. The number of ether oxygens (including phenoxy) is 1. The number of halogens is 1. The van der Waals surface area contributed by atoms with Crippen molar-refractivity contribution in [2.24, 2.45) is 5.92 Å². The number of nitro benzene ring substituents is 1. The van der Waals surface area contributed by atoms with E-state index in [0.717, 1.165) is 0 Å². The summed E-state index contributed by atoms with van der Waals surface area (Å²) in [6.07, 6.45) is 0. The van der Waals surface area contributed by atoms with Crippen molar-refractivity contribution in [3.8, 4) is 5.75 Å². The number of rotatable bonds is 7. The van der Waals surface area contributed by atoms with Crippen LogP contribution in [0.2, 0.25) is 5.02 Å². The fraction of sp³-hybridized carbons (Fsp3) is 0.263. The second-order valence-electron chi connectivity index (χ2n) is 6.33. The molecule has 2 aromatic rings. The normalized spacial score (nSPS) is 11.6. The maximum absolute atomic E-state index is 12.8. The molecule has 9 heteroatoms. The topological polar surface area (TPSA) is 111 Å². The minimum atomic E-state index is -0.868. The minimum Gasteiger partial charge on any atom is -0.495 e. The minimum absolute atomic E-state index is 0.146. The first kappa shape index (κ1) is 21.2. The molecule has 0 aliphatic heterocycles. The molecule has 0 saturated heterocycles. The summed E-state index contributed by atoms with van der Waals surface area (Å²) in [6, 6.07) is 9.26. The maximum atomic E-state index is 12.8. The SMILES string of the molecule is COc1ccc([N+](=O)[O-])cc1NC(=O)[C@@H](NC(=O)c1ccc(Cl)cc1)C(C)C. The molecule has 1 atom stereocenters. The Morgan fingerprint density at radius 1 is 1.14 bits per heavy atom. The fourth-order valence-electron chi connectivity index (χ4n) is 2.48. The van der Waals surface area contributed by atoms with Crippen LogP contribution in [0.15, 0.2) is 42.5 Å². The summed E-state index contributed by atoms with van der Waals surface area (Å²) in [5, 5.41) is 16.8. The van der Waals surface area contributed by atoms with Crippen LogP contribution in [0.1, 0.15) is 24.2 Å². The zero-order valence-corrected chi connectivity index (χ0v) is 16.3. The molecule has 0 bridgehead atoms. The number of non-ortho nitro benzene ring substituents is 1. The van der Waals surface area contributed by atoms with Gasteiger partial charge in [-0.05, 0) is 36.2 Å². The Labute approximate surface area is 167 Å². The van der Waals surface area contributed by atoms with E-state index in [1.54, 1.807) is 38.1 Å². The Hall–Kier alpha value is -3.13.